The fraction of sp³-hybridized carbons (Fsp3) is 0.300. The molecule has 2 nitrogen and oxygen atoms in total. The van der Waals surface area contributed by atoms with Gasteiger partial charge in [-0.15, -0.1) is 0 Å². The van der Waals surface area contributed by atoms with Crippen LogP contribution in [0, 0.1) is 0 Å². The lowest BCUT2D eigenvalue weighted by Gasteiger charge is -2.14. The lowest BCUT2D eigenvalue weighted by atomic mass is 10.0. The second-order valence-corrected chi connectivity index (χ2v) is 4.34. The third-order valence-corrected chi connectivity index (χ3v) is 2.84. The van der Waals surface area contributed by atoms with Gasteiger partial charge in [-0.2, -0.15) is 22.0 Å². The van der Waals surface area contributed by atoms with Crippen molar-refractivity contribution in [3.63, 3.8) is 0 Å². The van der Waals surface area contributed by atoms with Crippen LogP contribution in [0.3, 0.4) is 0 Å². The minimum absolute atomic E-state index is 0.210. The average Bonchev–Trinajstić information content (AvgIpc) is 2.19. The number of carboxylic acids is 1. The number of halogens is 6. The molecular formula is C10H6BrF5O2. The highest BCUT2D eigenvalue weighted by molar-refractivity contribution is 9.10. The van der Waals surface area contributed by atoms with Crippen LogP contribution in [-0.2, 0) is 17.4 Å². The molecule has 0 heterocycles. The van der Waals surface area contributed by atoms with E-state index >= 15 is 0 Å². The summed E-state index contributed by atoms with van der Waals surface area (Å²) in [7, 11) is 0. The molecule has 0 saturated heterocycles. The lowest BCUT2D eigenvalue weighted by Crippen LogP contribution is -2.30. The number of hydrogen-bond acceptors (Lipinski definition) is 1. The van der Waals surface area contributed by atoms with Gasteiger partial charge in [-0.3, -0.25) is 0 Å². The van der Waals surface area contributed by atoms with Gasteiger partial charge in [0.2, 0.25) is 0 Å². The Morgan fingerprint density at radius 3 is 2.17 bits per heavy atom. The van der Waals surface area contributed by atoms with Crippen molar-refractivity contribution >= 4 is 21.9 Å². The molecule has 0 fully saturated rings. The molecule has 0 aromatic heterocycles. The van der Waals surface area contributed by atoms with Crippen molar-refractivity contribution in [1.82, 2.24) is 0 Å². The molecule has 0 aliphatic carbocycles. The van der Waals surface area contributed by atoms with E-state index in [0.29, 0.717) is 12.1 Å². The van der Waals surface area contributed by atoms with E-state index in [9.17, 15) is 26.7 Å². The number of benzene rings is 1. The Morgan fingerprint density at radius 1 is 1.22 bits per heavy atom. The monoisotopic (exact) mass is 332 g/mol. The fourth-order valence-corrected chi connectivity index (χ4v) is 1.70. The second kappa shape index (κ2) is 4.83. The Labute approximate surface area is 107 Å². The van der Waals surface area contributed by atoms with Crippen LogP contribution in [-0.4, -0.2) is 17.0 Å². The van der Waals surface area contributed by atoms with Gasteiger partial charge in [0, 0.05) is 10.9 Å². The topological polar surface area (TPSA) is 37.3 Å². The van der Waals surface area contributed by atoms with Crippen molar-refractivity contribution in [3.05, 3.63) is 33.8 Å². The summed E-state index contributed by atoms with van der Waals surface area (Å²) in [5.41, 5.74) is -1.22. The first kappa shape index (κ1) is 14.9. The zero-order valence-electron chi connectivity index (χ0n) is 8.56. The Kier molecular flexibility index (Phi) is 3.99. The van der Waals surface area contributed by atoms with E-state index in [2.05, 4.69) is 15.9 Å². The van der Waals surface area contributed by atoms with Gasteiger partial charge in [0.25, 0.3) is 0 Å². The maximum atomic E-state index is 12.9. The van der Waals surface area contributed by atoms with Crippen LogP contribution in [0.2, 0.25) is 0 Å². The highest BCUT2D eigenvalue weighted by Gasteiger charge is 2.39. The molecule has 1 aromatic rings. The predicted octanol–water partition coefficient (Wildman–Crippen LogP) is 3.73. The molecule has 1 N–H and O–H groups in total. The molecule has 1 rings (SSSR count). The molecule has 0 unspecified atom stereocenters. The van der Waals surface area contributed by atoms with E-state index in [1.807, 2.05) is 0 Å². The summed E-state index contributed by atoms with van der Waals surface area (Å²) >= 11 is 2.72. The maximum absolute atomic E-state index is 12.9. The van der Waals surface area contributed by atoms with Crippen LogP contribution in [0.4, 0.5) is 22.0 Å². The van der Waals surface area contributed by atoms with Gasteiger partial charge in [-0.1, -0.05) is 22.0 Å². The standard InChI is InChI=1S/C10H6BrF5O2/c11-7-3-6(10(14,15)16)2-1-5(7)4-9(12,13)8(17)18/h1-3H,4H2,(H,17,18). The van der Waals surface area contributed by atoms with Crippen molar-refractivity contribution in [1.29, 1.82) is 0 Å². The van der Waals surface area contributed by atoms with Gasteiger partial charge in [0.15, 0.2) is 0 Å². The molecule has 0 atom stereocenters. The van der Waals surface area contributed by atoms with Gasteiger partial charge in [-0.05, 0) is 17.7 Å². The first-order chi connectivity index (χ1) is 8.04. The lowest BCUT2D eigenvalue weighted by molar-refractivity contribution is -0.164. The van der Waals surface area contributed by atoms with Gasteiger partial charge in [-0.25, -0.2) is 4.79 Å². The normalized spacial score (nSPS) is 12.6. The first-order valence-electron chi connectivity index (χ1n) is 4.51. The van der Waals surface area contributed by atoms with Crippen LogP contribution in [0.25, 0.3) is 0 Å². The minimum atomic E-state index is -4.59. The fourth-order valence-electron chi connectivity index (χ4n) is 1.18. The van der Waals surface area contributed by atoms with E-state index in [1.54, 1.807) is 0 Å². The average molecular weight is 333 g/mol. The molecule has 1 aromatic carbocycles. The van der Waals surface area contributed by atoms with E-state index in [-0.39, 0.29) is 10.0 Å². The summed E-state index contributed by atoms with van der Waals surface area (Å²) in [5, 5.41) is 8.23. The van der Waals surface area contributed by atoms with E-state index in [4.69, 9.17) is 5.11 Å². The van der Waals surface area contributed by atoms with Crippen molar-refractivity contribution in [2.24, 2.45) is 0 Å². The van der Waals surface area contributed by atoms with Gasteiger partial charge in [0.1, 0.15) is 0 Å². The SMILES string of the molecule is O=C(O)C(F)(F)Cc1ccc(C(F)(F)F)cc1Br. The maximum Gasteiger partial charge on any atom is 0.416 e. The summed E-state index contributed by atoms with van der Waals surface area (Å²) in [5.74, 6) is -6.35. The molecule has 8 heteroatoms. The van der Waals surface area contributed by atoms with Gasteiger partial charge >= 0.3 is 18.1 Å². The molecule has 100 valence electrons. The Bertz CT molecular complexity index is 470. The first-order valence-corrected chi connectivity index (χ1v) is 5.30. The second-order valence-electron chi connectivity index (χ2n) is 3.49. The number of rotatable bonds is 3. The number of hydrogen-bond donors (Lipinski definition) is 1. The Hall–Kier alpha value is -1.18. The highest BCUT2D eigenvalue weighted by Crippen LogP contribution is 2.33. The van der Waals surface area contributed by atoms with E-state index in [1.165, 1.54) is 0 Å². The Balaban J connectivity index is 3.04. The number of alkyl halides is 5. The zero-order chi connectivity index (χ0) is 14.1. The smallest absolute Gasteiger partial charge is 0.416 e. The van der Waals surface area contributed by atoms with Crippen LogP contribution in [0.15, 0.2) is 22.7 Å². The molecule has 0 saturated carbocycles. The van der Waals surface area contributed by atoms with Crippen molar-refractivity contribution in [2.45, 2.75) is 18.5 Å². The molecule has 0 spiro atoms. The largest absolute Gasteiger partial charge is 0.477 e. The third-order valence-electron chi connectivity index (χ3n) is 2.11. The summed E-state index contributed by atoms with van der Waals surface area (Å²) in [6, 6.07) is 2.08. The summed E-state index contributed by atoms with van der Waals surface area (Å²) in [6.07, 6.45) is -5.77. The summed E-state index contributed by atoms with van der Waals surface area (Å²) < 4.78 is 62.5. The van der Waals surface area contributed by atoms with Gasteiger partial charge in [0.05, 0.1) is 5.56 Å². The number of aliphatic carboxylic acids is 1. The molecule has 0 bridgehead atoms. The number of carbonyl (C=O) groups is 1. The summed E-state index contributed by atoms with van der Waals surface area (Å²) in [4.78, 5) is 10.2. The highest BCUT2D eigenvalue weighted by atomic mass is 79.9. The molecule has 0 radical (unpaired) electrons. The third kappa shape index (κ3) is 3.41. The molecular weight excluding hydrogens is 327 g/mol. The summed E-state index contributed by atoms with van der Waals surface area (Å²) in [6.45, 7) is 0. The van der Waals surface area contributed by atoms with Crippen molar-refractivity contribution in [3.8, 4) is 0 Å². The predicted molar refractivity (Wildman–Crippen MR) is 55.4 cm³/mol. The van der Waals surface area contributed by atoms with Gasteiger partial charge < -0.3 is 5.11 Å². The zero-order valence-corrected chi connectivity index (χ0v) is 10.1. The quantitative estimate of drug-likeness (QED) is 0.856. The molecule has 0 amide bonds. The van der Waals surface area contributed by atoms with Crippen LogP contribution >= 0.6 is 15.9 Å². The van der Waals surface area contributed by atoms with Crippen LogP contribution in [0.5, 0.6) is 0 Å². The van der Waals surface area contributed by atoms with Crippen molar-refractivity contribution in [2.75, 3.05) is 0 Å². The van der Waals surface area contributed by atoms with Crippen molar-refractivity contribution < 1.29 is 31.9 Å². The molecule has 18 heavy (non-hydrogen) atoms. The molecule has 0 aliphatic heterocycles. The molecule has 0 aliphatic rings. The minimum Gasteiger partial charge on any atom is -0.477 e. The van der Waals surface area contributed by atoms with Crippen LogP contribution < -0.4 is 0 Å². The van der Waals surface area contributed by atoms with Crippen LogP contribution in [0.1, 0.15) is 11.1 Å². The van der Waals surface area contributed by atoms with E-state index in [0.717, 1.165) is 6.07 Å². The van der Waals surface area contributed by atoms with E-state index < -0.39 is 30.1 Å². The Morgan fingerprint density at radius 2 is 1.78 bits per heavy atom. The number of carboxylic acid groups (broad SMARTS) is 1.